The quantitative estimate of drug-likeness (QED) is 0.768. The first-order valence-corrected chi connectivity index (χ1v) is 9.24. The van der Waals surface area contributed by atoms with Crippen LogP contribution in [0.25, 0.3) is 0 Å². The van der Waals surface area contributed by atoms with E-state index < -0.39 is 18.5 Å². The molecule has 0 aliphatic carbocycles. The van der Waals surface area contributed by atoms with Crippen molar-refractivity contribution in [1.29, 1.82) is 0 Å². The lowest BCUT2D eigenvalue weighted by Crippen LogP contribution is -2.43. The zero-order valence-electron chi connectivity index (χ0n) is 15.4. The van der Waals surface area contributed by atoms with Crippen LogP contribution in [0.15, 0.2) is 41.0 Å². The number of hydrogen-bond acceptors (Lipinski definition) is 6. The third kappa shape index (κ3) is 3.45. The van der Waals surface area contributed by atoms with Gasteiger partial charge < -0.3 is 24.7 Å². The highest BCUT2D eigenvalue weighted by Gasteiger charge is 2.36. The van der Waals surface area contributed by atoms with E-state index in [1.165, 1.54) is 6.26 Å². The molecule has 1 aromatic heterocycles. The molecule has 146 valence electrons. The highest BCUT2D eigenvalue weighted by Crippen LogP contribution is 2.37. The molecule has 2 aromatic rings. The molecule has 8 nitrogen and oxygen atoms in total. The molecule has 2 aliphatic rings. The number of carbonyl (C=O) groups is 3. The Morgan fingerprint density at radius 3 is 3.04 bits per heavy atom. The minimum atomic E-state index is -0.624. The number of amides is 2. The number of nitrogens with zero attached hydrogens (tertiary/aromatic N) is 1. The number of fused-ring (bicyclic) bond motifs is 3. The topological polar surface area (TPSA) is 101 Å². The zero-order valence-corrected chi connectivity index (χ0v) is 15.4. The molecule has 3 heterocycles. The summed E-state index contributed by atoms with van der Waals surface area (Å²) in [4.78, 5) is 38.6. The number of furan rings is 1. The fourth-order valence-corrected chi connectivity index (χ4v) is 3.66. The SMILES string of the molecule is C[C@@H](NC(=O)COC(=O)c1ccc2c(c1)NC(=O)[C@@H]1CCCN21)c1ccco1. The summed E-state index contributed by atoms with van der Waals surface area (Å²) in [5, 5.41) is 5.55. The highest BCUT2D eigenvalue weighted by atomic mass is 16.5. The Morgan fingerprint density at radius 1 is 1.39 bits per heavy atom. The van der Waals surface area contributed by atoms with Crippen LogP contribution in [0.2, 0.25) is 0 Å². The summed E-state index contributed by atoms with van der Waals surface area (Å²) in [5.41, 5.74) is 1.78. The molecular formula is C20H21N3O5. The maximum Gasteiger partial charge on any atom is 0.338 e. The molecule has 2 aliphatic heterocycles. The average molecular weight is 383 g/mol. The number of ether oxygens (including phenoxy) is 1. The number of nitrogens with one attached hydrogen (secondary N) is 2. The van der Waals surface area contributed by atoms with Crippen molar-refractivity contribution >= 4 is 29.2 Å². The van der Waals surface area contributed by atoms with Gasteiger partial charge in [0, 0.05) is 6.54 Å². The first-order valence-electron chi connectivity index (χ1n) is 9.24. The molecule has 0 bridgehead atoms. The number of esters is 1. The smallest absolute Gasteiger partial charge is 0.338 e. The summed E-state index contributed by atoms with van der Waals surface area (Å²) in [7, 11) is 0. The summed E-state index contributed by atoms with van der Waals surface area (Å²) < 4.78 is 10.3. The molecule has 0 spiro atoms. The van der Waals surface area contributed by atoms with E-state index in [1.807, 2.05) is 6.07 Å². The average Bonchev–Trinajstić information content (AvgIpc) is 3.37. The Morgan fingerprint density at radius 2 is 2.25 bits per heavy atom. The van der Waals surface area contributed by atoms with Gasteiger partial charge in [0.15, 0.2) is 6.61 Å². The lowest BCUT2D eigenvalue weighted by atomic mass is 10.1. The predicted molar refractivity (Wildman–Crippen MR) is 101 cm³/mol. The van der Waals surface area contributed by atoms with Gasteiger partial charge in [0.1, 0.15) is 11.8 Å². The van der Waals surface area contributed by atoms with Crippen LogP contribution < -0.4 is 15.5 Å². The van der Waals surface area contributed by atoms with Gasteiger partial charge in [-0.1, -0.05) is 0 Å². The Bertz CT molecular complexity index is 909. The van der Waals surface area contributed by atoms with Gasteiger partial charge >= 0.3 is 5.97 Å². The van der Waals surface area contributed by atoms with Gasteiger partial charge in [0.2, 0.25) is 5.91 Å². The van der Waals surface area contributed by atoms with Crippen molar-refractivity contribution < 1.29 is 23.5 Å². The van der Waals surface area contributed by atoms with Gasteiger partial charge in [-0.2, -0.15) is 0 Å². The summed E-state index contributed by atoms with van der Waals surface area (Å²) in [5.74, 6) is -0.489. The van der Waals surface area contributed by atoms with Crippen LogP contribution >= 0.6 is 0 Å². The van der Waals surface area contributed by atoms with Gasteiger partial charge in [-0.25, -0.2) is 4.79 Å². The molecular weight excluding hydrogens is 362 g/mol. The Balaban J connectivity index is 1.37. The van der Waals surface area contributed by atoms with E-state index in [2.05, 4.69) is 15.5 Å². The normalized spacial score (nSPS) is 18.7. The second-order valence-electron chi connectivity index (χ2n) is 6.95. The van der Waals surface area contributed by atoms with Crippen LogP contribution in [-0.2, 0) is 14.3 Å². The van der Waals surface area contributed by atoms with E-state index in [4.69, 9.17) is 9.15 Å². The highest BCUT2D eigenvalue weighted by molar-refractivity contribution is 6.05. The largest absolute Gasteiger partial charge is 0.467 e. The lowest BCUT2D eigenvalue weighted by molar-refractivity contribution is -0.125. The second kappa shape index (κ2) is 7.38. The third-order valence-corrected chi connectivity index (χ3v) is 5.04. The van der Waals surface area contributed by atoms with Crippen molar-refractivity contribution in [1.82, 2.24) is 5.32 Å². The van der Waals surface area contributed by atoms with E-state index in [9.17, 15) is 14.4 Å². The first kappa shape index (κ1) is 18.1. The number of benzene rings is 1. The van der Waals surface area contributed by atoms with Crippen molar-refractivity contribution in [2.24, 2.45) is 0 Å². The van der Waals surface area contributed by atoms with Gasteiger partial charge in [-0.15, -0.1) is 0 Å². The minimum absolute atomic E-state index is 0.0539. The molecule has 2 N–H and O–H groups in total. The molecule has 1 fully saturated rings. The first-order chi connectivity index (χ1) is 13.5. The molecule has 28 heavy (non-hydrogen) atoms. The van der Waals surface area contributed by atoms with Crippen LogP contribution in [0, 0.1) is 0 Å². The van der Waals surface area contributed by atoms with Crippen LogP contribution in [0.3, 0.4) is 0 Å². The molecule has 1 aromatic carbocycles. The Labute approximate surface area is 161 Å². The minimum Gasteiger partial charge on any atom is -0.467 e. The lowest BCUT2D eigenvalue weighted by Gasteiger charge is -2.33. The van der Waals surface area contributed by atoms with Crippen LogP contribution in [-0.4, -0.2) is 37.0 Å². The van der Waals surface area contributed by atoms with E-state index in [0.29, 0.717) is 11.4 Å². The van der Waals surface area contributed by atoms with E-state index in [-0.39, 0.29) is 23.6 Å². The summed E-state index contributed by atoms with van der Waals surface area (Å²) >= 11 is 0. The summed E-state index contributed by atoms with van der Waals surface area (Å²) in [6.45, 7) is 2.20. The third-order valence-electron chi connectivity index (χ3n) is 5.04. The van der Waals surface area contributed by atoms with Crippen molar-refractivity contribution in [2.45, 2.75) is 31.8 Å². The molecule has 4 rings (SSSR count). The molecule has 0 radical (unpaired) electrons. The fraction of sp³-hybridized carbons (Fsp3) is 0.350. The second-order valence-corrected chi connectivity index (χ2v) is 6.95. The fourth-order valence-electron chi connectivity index (χ4n) is 3.66. The van der Waals surface area contributed by atoms with Gasteiger partial charge in [-0.05, 0) is 50.1 Å². The number of carbonyl (C=O) groups excluding carboxylic acids is 3. The molecule has 2 amide bonds. The van der Waals surface area contributed by atoms with Crippen LogP contribution in [0.4, 0.5) is 11.4 Å². The molecule has 0 unspecified atom stereocenters. The monoisotopic (exact) mass is 383 g/mol. The van der Waals surface area contributed by atoms with Gasteiger partial charge in [-0.3, -0.25) is 9.59 Å². The van der Waals surface area contributed by atoms with Crippen molar-refractivity contribution in [3.8, 4) is 0 Å². The summed E-state index contributed by atoms with van der Waals surface area (Å²) in [6.07, 6.45) is 3.32. The Hall–Kier alpha value is -3.29. The Kier molecular flexibility index (Phi) is 4.77. The summed E-state index contributed by atoms with van der Waals surface area (Å²) in [6, 6.07) is 8.08. The zero-order chi connectivity index (χ0) is 19.7. The number of anilines is 2. The van der Waals surface area contributed by atoms with Gasteiger partial charge in [0.05, 0.1) is 29.2 Å². The van der Waals surface area contributed by atoms with Crippen LogP contribution in [0.1, 0.15) is 41.9 Å². The number of rotatable bonds is 5. The van der Waals surface area contributed by atoms with Gasteiger partial charge in [0.25, 0.3) is 5.91 Å². The predicted octanol–water partition coefficient (Wildman–Crippen LogP) is 2.23. The van der Waals surface area contributed by atoms with E-state index >= 15 is 0 Å². The van der Waals surface area contributed by atoms with E-state index in [0.717, 1.165) is 25.1 Å². The molecule has 1 saturated heterocycles. The number of hydrogen-bond donors (Lipinski definition) is 2. The molecule has 0 saturated carbocycles. The molecule has 8 heteroatoms. The maximum atomic E-state index is 12.3. The maximum absolute atomic E-state index is 12.3. The van der Waals surface area contributed by atoms with Crippen molar-refractivity contribution in [3.05, 3.63) is 47.9 Å². The van der Waals surface area contributed by atoms with Crippen LogP contribution in [0.5, 0.6) is 0 Å². The van der Waals surface area contributed by atoms with E-state index in [1.54, 1.807) is 31.2 Å². The standard InChI is InChI=1S/C20H21N3O5/c1-12(17-5-3-9-27-17)21-18(24)11-28-20(26)13-6-7-15-14(10-13)22-19(25)16-4-2-8-23(15)16/h3,5-7,9-10,12,16H,2,4,8,11H2,1H3,(H,21,24)(H,22,25)/t12-,16+/m1/s1. The van der Waals surface area contributed by atoms with Crippen molar-refractivity contribution in [3.63, 3.8) is 0 Å². The van der Waals surface area contributed by atoms with Crippen molar-refractivity contribution in [2.75, 3.05) is 23.4 Å². The molecule has 2 atom stereocenters.